The van der Waals surface area contributed by atoms with Gasteiger partial charge in [-0.15, -0.1) is 0 Å². The number of amides is 2. The first-order valence-electron chi connectivity index (χ1n) is 17.2. The second-order valence-electron chi connectivity index (χ2n) is 11.8. The van der Waals surface area contributed by atoms with Crippen LogP contribution in [0.4, 0.5) is 0 Å². The standard InChI is InChI=1S/C34H68N2O2/c1-4-7-9-11-13-15-17-19-21-23-30-35-33(37)28-26-32(25-6-3)27-29-34(38)36-31-24-22-20-18-16-14-12-10-8-5-2/h32H,4-31H2,1-3H3,(H,35,37)(H,36,38). The van der Waals surface area contributed by atoms with Crippen LogP contribution in [-0.2, 0) is 9.59 Å². The van der Waals surface area contributed by atoms with Crippen LogP contribution in [0.2, 0.25) is 0 Å². The van der Waals surface area contributed by atoms with E-state index < -0.39 is 0 Å². The van der Waals surface area contributed by atoms with Crippen LogP contribution in [-0.4, -0.2) is 24.9 Å². The Morgan fingerprint density at radius 1 is 0.421 bits per heavy atom. The van der Waals surface area contributed by atoms with Crippen molar-refractivity contribution in [1.82, 2.24) is 10.6 Å². The van der Waals surface area contributed by atoms with Crippen LogP contribution in [0.15, 0.2) is 0 Å². The van der Waals surface area contributed by atoms with Gasteiger partial charge in [0.1, 0.15) is 0 Å². The van der Waals surface area contributed by atoms with Crippen molar-refractivity contribution in [2.45, 2.75) is 188 Å². The molecule has 0 spiro atoms. The molecule has 0 aliphatic rings. The molecule has 2 N–H and O–H groups in total. The third kappa shape index (κ3) is 28.0. The number of unbranched alkanes of at least 4 members (excludes halogenated alkanes) is 18. The van der Waals surface area contributed by atoms with Crippen molar-refractivity contribution in [3.63, 3.8) is 0 Å². The Hall–Kier alpha value is -1.06. The lowest BCUT2D eigenvalue weighted by Crippen LogP contribution is -2.26. The maximum absolute atomic E-state index is 12.3. The van der Waals surface area contributed by atoms with E-state index in [0.717, 1.165) is 51.6 Å². The van der Waals surface area contributed by atoms with Gasteiger partial charge in [-0.1, -0.05) is 149 Å². The van der Waals surface area contributed by atoms with Crippen LogP contribution in [0.3, 0.4) is 0 Å². The van der Waals surface area contributed by atoms with E-state index in [2.05, 4.69) is 31.4 Å². The van der Waals surface area contributed by atoms with Gasteiger partial charge in [0.25, 0.3) is 0 Å². The Kier molecular flexibility index (Phi) is 29.6. The van der Waals surface area contributed by atoms with E-state index in [9.17, 15) is 9.59 Å². The Labute approximate surface area is 238 Å². The summed E-state index contributed by atoms with van der Waals surface area (Å²) in [6.07, 6.45) is 31.6. The van der Waals surface area contributed by atoms with E-state index in [4.69, 9.17) is 0 Å². The van der Waals surface area contributed by atoms with Crippen molar-refractivity contribution in [3.8, 4) is 0 Å². The zero-order chi connectivity index (χ0) is 27.9. The molecule has 4 heteroatoms. The second kappa shape index (κ2) is 30.5. The highest BCUT2D eigenvalue weighted by molar-refractivity contribution is 5.76. The molecule has 0 rings (SSSR count). The van der Waals surface area contributed by atoms with Gasteiger partial charge in [0.05, 0.1) is 0 Å². The number of hydrogen-bond donors (Lipinski definition) is 2. The lowest BCUT2D eigenvalue weighted by molar-refractivity contribution is -0.121. The van der Waals surface area contributed by atoms with Gasteiger partial charge in [-0.05, 0) is 31.6 Å². The fourth-order valence-corrected chi connectivity index (χ4v) is 5.37. The Balaban J connectivity index is 3.66. The maximum Gasteiger partial charge on any atom is 0.220 e. The number of rotatable bonds is 30. The Morgan fingerprint density at radius 3 is 1.05 bits per heavy atom. The zero-order valence-corrected chi connectivity index (χ0v) is 26.2. The largest absolute Gasteiger partial charge is 0.356 e. The molecule has 0 heterocycles. The van der Waals surface area contributed by atoms with Crippen molar-refractivity contribution in [1.29, 1.82) is 0 Å². The predicted octanol–water partition coefficient (Wildman–Crippen LogP) is 10.0. The third-order valence-corrected chi connectivity index (χ3v) is 7.96. The summed E-state index contributed by atoms with van der Waals surface area (Å²) in [5.74, 6) is 0.853. The van der Waals surface area contributed by atoms with Gasteiger partial charge in [0.2, 0.25) is 11.8 Å². The monoisotopic (exact) mass is 537 g/mol. The van der Waals surface area contributed by atoms with Crippen molar-refractivity contribution < 1.29 is 9.59 Å². The molecule has 0 fully saturated rings. The average molecular weight is 537 g/mol. The molecule has 0 atom stereocenters. The molecule has 0 aliphatic heterocycles. The van der Waals surface area contributed by atoms with Gasteiger partial charge < -0.3 is 10.6 Å². The van der Waals surface area contributed by atoms with Crippen LogP contribution >= 0.6 is 0 Å². The van der Waals surface area contributed by atoms with Crippen LogP contribution in [0.25, 0.3) is 0 Å². The quantitative estimate of drug-likeness (QED) is 0.0897. The summed E-state index contributed by atoms with van der Waals surface area (Å²) in [5.41, 5.74) is 0. The van der Waals surface area contributed by atoms with E-state index in [0.29, 0.717) is 18.8 Å². The van der Waals surface area contributed by atoms with E-state index >= 15 is 0 Å². The molecule has 0 aliphatic carbocycles. The van der Waals surface area contributed by atoms with Gasteiger partial charge in [0.15, 0.2) is 0 Å². The predicted molar refractivity (Wildman–Crippen MR) is 167 cm³/mol. The third-order valence-electron chi connectivity index (χ3n) is 7.96. The molecule has 0 saturated carbocycles. The fraction of sp³-hybridized carbons (Fsp3) is 0.941. The van der Waals surface area contributed by atoms with Crippen molar-refractivity contribution in [3.05, 3.63) is 0 Å². The molecule has 0 radical (unpaired) electrons. The van der Waals surface area contributed by atoms with Crippen LogP contribution in [0.5, 0.6) is 0 Å². The summed E-state index contributed by atoms with van der Waals surface area (Å²) in [6, 6.07) is 0. The van der Waals surface area contributed by atoms with E-state index in [1.54, 1.807) is 0 Å². The molecular formula is C34H68N2O2. The van der Waals surface area contributed by atoms with Gasteiger partial charge in [-0.3, -0.25) is 9.59 Å². The molecule has 0 aromatic heterocycles. The Bertz CT molecular complexity index is 467. The Morgan fingerprint density at radius 2 is 0.737 bits per heavy atom. The normalized spacial score (nSPS) is 11.3. The maximum atomic E-state index is 12.3. The molecule has 0 saturated heterocycles. The minimum Gasteiger partial charge on any atom is -0.356 e. The molecule has 0 bridgehead atoms. The van der Waals surface area contributed by atoms with Crippen molar-refractivity contribution in [2.24, 2.45) is 5.92 Å². The van der Waals surface area contributed by atoms with Gasteiger partial charge in [-0.2, -0.15) is 0 Å². The summed E-state index contributed by atoms with van der Waals surface area (Å²) in [6.45, 7) is 8.36. The summed E-state index contributed by atoms with van der Waals surface area (Å²) in [4.78, 5) is 24.6. The summed E-state index contributed by atoms with van der Waals surface area (Å²) >= 11 is 0. The molecule has 38 heavy (non-hydrogen) atoms. The first-order valence-corrected chi connectivity index (χ1v) is 17.2. The number of hydrogen-bond acceptors (Lipinski definition) is 2. The number of carbonyl (C=O) groups is 2. The summed E-state index contributed by atoms with van der Waals surface area (Å²) in [5, 5.41) is 6.23. The van der Waals surface area contributed by atoms with Crippen molar-refractivity contribution >= 4 is 11.8 Å². The van der Waals surface area contributed by atoms with E-state index in [1.807, 2.05) is 0 Å². The number of carbonyl (C=O) groups excluding carboxylic acids is 2. The molecule has 0 aromatic carbocycles. The molecule has 0 aromatic rings. The molecule has 2 amide bonds. The minimum atomic E-state index is 0.187. The number of nitrogens with one attached hydrogen (secondary N) is 2. The zero-order valence-electron chi connectivity index (χ0n) is 26.2. The minimum absolute atomic E-state index is 0.187. The van der Waals surface area contributed by atoms with Crippen molar-refractivity contribution in [2.75, 3.05) is 13.1 Å². The highest BCUT2D eigenvalue weighted by Gasteiger charge is 2.13. The van der Waals surface area contributed by atoms with Crippen LogP contribution in [0.1, 0.15) is 188 Å². The summed E-state index contributed by atoms with van der Waals surface area (Å²) < 4.78 is 0. The van der Waals surface area contributed by atoms with Gasteiger partial charge in [-0.25, -0.2) is 0 Å². The van der Waals surface area contributed by atoms with Gasteiger partial charge in [0, 0.05) is 25.9 Å². The molecule has 4 nitrogen and oxygen atoms in total. The molecular weight excluding hydrogens is 468 g/mol. The topological polar surface area (TPSA) is 58.2 Å². The molecule has 0 unspecified atom stereocenters. The smallest absolute Gasteiger partial charge is 0.220 e. The lowest BCUT2D eigenvalue weighted by Gasteiger charge is -2.16. The first kappa shape index (κ1) is 36.9. The highest BCUT2D eigenvalue weighted by Crippen LogP contribution is 2.19. The first-order chi connectivity index (χ1) is 18.6. The van der Waals surface area contributed by atoms with E-state index in [1.165, 1.54) is 116 Å². The van der Waals surface area contributed by atoms with Gasteiger partial charge >= 0.3 is 0 Å². The van der Waals surface area contributed by atoms with Crippen LogP contribution < -0.4 is 10.6 Å². The fourth-order valence-electron chi connectivity index (χ4n) is 5.37. The van der Waals surface area contributed by atoms with Crippen LogP contribution in [0, 0.1) is 5.92 Å². The molecule has 226 valence electrons. The average Bonchev–Trinajstić information content (AvgIpc) is 2.91. The lowest BCUT2D eigenvalue weighted by atomic mass is 9.92. The highest BCUT2D eigenvalue weighted by atomic mass is 16.2. The second-order valence-corrected chi connectivity index (χ2v) is 11.8. The SMILES string of the molecule is CCCCCCCCCCCCNC(=O)CCC(CCC)CCC(=O)NCCCCCCCCCCCC. The van der Waals surface area contributed by atoms with E-state index in [-0.39, 0.29) is 11.8 Å². The summed E-state index contributed by atoms with van der Waals surface area (Å²) in [7, 11) is 0.